The summed E-state index contributed by atoms with van der Waals surface area (Å²) in [5.41, 5.74) is 0.469. The van der Waals surface area contributed by atoms with Crippen molar-refractivity contribution in [3.05, 3.63) is 70.2 Å². The molecule has 0 aliphatic heterocycles. The van der Waals surface area contributed by atoms with Crippen molar-refractivity contribution in [3.63, 3.8) is 0 Å². The number of carbonyl (C=O) groups is 2. The van der Waals surface area contributed by atoms with Crippen LogP contribution in [0.4, 0.5) is 5.69 Å². The van der Waals surface area contributed by atoms with E-state index in [0.29, 0.717) is 21.5 Å². The molecule has 0 aromatic heterocycles. The van der Waals surface area contributed by atoms with Crippen LogP contribution in [0, 0.1) is 0 Å². The molecule has 0 heterocycles. The third kappa shape index (κ3) is 4.45. The summed E-state index contributed by atoms with van der Waals surface area (Å²) in [6, 6.07) is 14.4. The summed E-state index contributed by atoms with van der Waals surface area (Å²) in [6.45, 7) is 0.972. The zero-order chi connectivity index (χ0) is 21.1. The molecule has 6 nitrogen and oxygen atoms in total. The Morgan fingerprint density at radius 1 is 1.10 bits per heavy atom. The SMILES string of the molecule is CC(Oc1cc(C(=O)O)cc2cc(Cl)cc(Cl)c12)C(=O)N(CO)c1ccccc1. The molecule has 0 spiro atoms. The van der Waals surface area contributed by atoms with Gasteiger partial charge in [-0.25, -0.2) is 4.79 Å². The minimum Gasteiger partial charge on any atom is -0.480 e. The molecule has 29 heavy (non-hydrogen) atoms. The number of hydrogen-bond donors (Lipinski definition) is 2. The summed E-state index contributed by atoms with van der Waals surface area (Å²) in [7, 11) is 0. The van der Waals surface area contributed by atoms with E-state index in [2.05, 4.69) is 0 Å². The predicted octanol–water partition coefficient (Wildman–Crippen LogP) is 4.60. The Labute approximate surface area is 176 Å². The number of benzene rings is 3. The van der Waals surface area contributed by atoms with Crippen LogP contribution < -0.4 is 9.64 Å². The molecule has 0 aliphatic carbocycles. The second-order valence-corrected chi connectivity index (χ2v) is 7.11. The number of fused-ring (bicyclic) bond motifs is 1. The van der Waals surface area contributed by atoms with Crippen LogP contribution in [0.3, 0.4) is 0 Å². The Morgan fingerprint density at radius 3 is 2.41 bits per heavy atom. The quantitative estimate of drug-likeness (QED) is 0.554. The number of para-hydroxylation sites is 1. The Bertz CT molecular complexity index is 1070. The highest BCUT2D eigenvalue weighted by Gasteiger charge is 2.24. The van der Waals surface area contributed by atoms with Gasteiger partial charge in [-0.3, -0.25) is 9.69 Å². The van der Waals surface area contributed by atoms with E-state index >= 15 is 0 Å². The third-order valence-corrected chi connectivity index (χ3v) is 4.82. The lowest BCUT2D eigenvalue weighted by molar-refractivity contribution is -0.125. The number of halogens is 2. The normalized spacial score (nSPS) is 11.9. The zero-order valence-corrected chi connectivity index (χ0v) is 16.8. The van der Waals surface area contributed by atoms with Crippen LogP contribution in [0.25, 0.3) is 10.8 Å². The number of aliphatic hydroxyl groups excluding tert-OH is 1. The molecule has 8 heteroatoms. The largest absolute Gasteiger partial charge is 0.480 e. The van der Waals surface area contributed by atoms with E-state index in [-0.39, 0.29) is 16.3 Å². The first-order chi connectivity index (χ1) is 13.8. The van der Waals surface area contributed by atoms with Gasteiger partial charge >= 0.3 is 5.97 Å². The van der Waals surface area contributed by atoms with Gasteiger partial charge in [-0.05, 0) is 48.7 Å². The highest BCUT2D eigenvalue weighted by molar-refractivity contribution is 6.39. The molecule has 2 N–H and O–H groups in total. The van der Waals surface area contributed by atoms with Gasteiger partial charge in [-0.1, -0.05) is 41.4 Å². The first-order valence-corrected chi connectivity index (χ1v) is 9.37. The standard InChI is InChI=1S/C21H17Cl2NO5/c1-12(20(26)24(11-25)16-5-3-2-4-6-16)29-18-9-14(21(27)28)7-13-8-15(22)10-17(23)19(13)18/h2-10,12,25H,11H2,1H3,(H,27,28). The van der Waals surface area contributed by atoms with Crippen LogP contribution in [0.2, 0.25) is 10.0 Å². The van der Waals surface area contributed by atoms with Crippen LogP contribution >= 0.6 is 23.2 Å². The van der Waals surface area contributed by atoms with E-state index in [1.54, 1.807) is 36.4 Å². The van der Waals surface area contributed by atoms with Gasteiger partial charge in [0.15, 0.2) is 6.10 Å². The lowest BCUT2D eigenvalue weighted by atomic mass is 10.1. The molecule has 3 rings (SSSR count). The molecular formula is C21H17Cl2NO5. The average Bonchev–Trinajstić information content (AvgIpc) is 2.68. The molecule has 0 radical (unpaired) electrons. The van der Waals surface area contributed by atoms with Crippen LogP contribution in [-0.2, 0) is 4.79 Å². The van der Waals surface area contributed by atoms with Crippen LogP contribution in [0.1, 0.15) is 17.3 Å². The van der Waals surface area contributed by atoms with Gasteiger partial charge in [0.1, 0.15) is 12.5 Å². The summed E-state index contributed by atoms with van der Waals surface area (Å²) < 4.78 is 5.81. The van der Waals surface area contributed by atoms with Gasteiger partial charge in [0.25, 0.3) is 5.91 Å². The summed E-state index contributed by atoms with van der Waals surface area (Å²) in [6.07, 6.45) is -1.03. The van der Waals surface area contributed by atoms with E-state index in [1.807, 2.05) is 0 Å². The monoisotopic (exact) mass is 433 g/mol. The fourth-order valence-electron chi connectivity index (χ4n) is 2.95. The predicted molar refractivity (Wildman–Crippen MR) is 112 cm³/mol. The number of ether oxygens (including phenoxy) is 1. The van der Waals surface area contributed by atoms with Crippen molar-refractivity contribution in [1.82, 2.24) is 0 Å². The van der Waals surface area contributed by atoms with E-state index in [1.165, 1.54) is 25.1 Å². The van der Waals surface area contributed by atoms with E-state index in [4.69, 9.17) is 27.9 Å². The number of aromatic carboxylic acids is 1. The van der Waals surface area contributed by atoms with Gasteiger partial charge in [-0.2, -0.15) is 0 Å². The van der Waals surface area contributed by atoms with Crippen molar-refractivity contribution >= 4 is 51.5 Å². The summed E-state index contributed by atoms with van der Waals surface area (Å²) in [4.78, 5) is 25.5. The van der Waals surface area contributed by atoms with Gasteiger partial charge < -0.3 is 14.9 Å². The molecule has 0 aliphatic rings. The Kier molecular flexibility index (Phi) is 6.27. The summed E-state index contributed by atoms with van der Waals surface area (Å²) >= 11 is 12.3. The summed E-state index contributed by atoms with van der Waals surface area (Å²) in [5.74, 6) is -1.53. The molecule has 0 saturated carbocycles. The molecule has 1 atom stereocenters. The van der Waals surface area contributed by atoms with Crippen molar-refractivity contribution in [2.45, 2.75) is 13.0 Å². The maximum absolute atomic E-state index is 12.8. The average molecular weight is 434 g/mol. The fraction of sp³-hybridized carbons (Fsp3) is 0.143. The summed E-state index contributed by atoms with van der Waals surface area (Å²) in [5, 5.41) is 20.6. The molecule has 3 aromatic rings. The topological polar surface area (TPSA) is 87.1 Å². The van der Waals surface area contributed by atoms with E-state index < -0.39 is 24.7 Å². The Balaban J connectivity index is 2.00. The first kappa shape index (κ1) is 20.9. The number of amides is 1. The lowest BCUT2D eigenvalue weighted by Gasteiger charge is -2.25. The van der Waals surface area contributed by atoms with Crippen molar-refractivity contribution in [1.29, 1.82) is 0 Å². The minimum absolute atomic E-state index is 0.0347. The van der Waals surface area contributed by atoms with Crippen molar-refractivity contribution in [3.8, 4) is 5.75 Å². The second kappa shape index (κ2) is 8.69. The maximum atomic E-state index is 12.8. The minimum atomic E-state index is -1.16. The van der Waals surface area contributed by atoms with Crippen molar-refractivity contribution in [2.24, 2.45) is 0 Å². The molecular weight excluding hydrogens is 417 g/mol. The number of hydrogen-bond acceptors (Lipinski definition) is 4. The van der Waals surface area contributed by atoms with Gasteiger partial charge in [-0.15, -0.1) is 0 Å². The van der Waals surface area contributed by atoms with Crippen molar-refractivity contribution in [2.75, 3.05) is 11.6 Å². The molecule has 3 aromatic carbocycles. The molecule has 0 bridgehead atoms. The van der Waals surface area contributed by atoms with E-state index in [9.17, 15) is 19.8 Å². The zero-order valence-electron chi connectivity index (χ0n) is 15.3. The lowest BCUT2D eigenvalue weighted by Crippen LogP contribution is -2.41. The molecule has 150 valence electrons. The van der Waals surface area contributed by atoms with Crippen molar-refractivity contribution < 1.29 is 24.5 Å². The van der Waals surface area contributed by atoms with Crippen LogP contribution in [0.15, 0.2) is 54.6 Å². The van der Waals surface area contributed by atoms with E-state index in [0.717, 1.165) is 4.90 Å². The first-order valence-electron chi connectivity index (χ1n) is 8.62. The number of rotatable bonds is 6. The number of carboxylic acids is 1. The molecule has 0 fully saturated rings. The number of carboxylic acid groups (broad SMARTS) is 1. The Morgan fingerprint density at radius 2 is 1.79 bits per heavy atom. The van der Waals surface area contributed by atoms with Gasteiger partial charge in [0, 0.05) is 16.1 Å². The van der Waals surface area contributed by atoms with Gasteiger partial charge in [0.2, 0.25) is 0 Å². The molecule has 0 saturated heterocycles. The molecule has 1 unspecified atom stereocenters. The number of anilines is 1. The number of carbonyl (C=O) groups excluding carboxylic acids is 1. The second-order valence-electron chi connectivity index (χ2n) is 6.27. The number of nitrogens with zero attached hydrogens (tertiary/aromatic N) is 1. The fourth-order valence-corrected chi connectivity index (χ4v) is 3.56. The van der Waals surface area contributed by atoms with Crippen LogP contribution in [0.5, 0.6) is 5.75 Å². The maximum Gasteiger partial charge on any atom is 0.335 e. The highest BCUT2D eigenvalue weighted by atomic mass is 35.5. The molecule has 1 amide bonds. The number of aliphatic hydroxyl groups is 1. The Hall–Kier alpha value is -2.80. The van der Waals surface area contributed by atoms with Gasteiger partial charge in [0.05, 0.1) is 10.6 Å². The smallest absolute Gasteiger partial charge is 0.335 e. The van der Waals surface area contributed by atoms with Crippen LogP contribution in [-0.4, -0.2) is 34.9 Å². The third-order valence-electron chi connectivity index (χ3n) is 4.30. The highest BCUT2D eigenvalue weighted by Crippen LogP contribution is 2.36.